The molecule has 1 nitrogen and oxygen atoms in total. The van der Waals surface area contributed by atoms with Crippen LogP contribution in [0.2, 0.25) is 0 Å². The third kappa shape index (κ3) is 2.77. The smallest absolute Gasteiger partial charge is 0.0998 e. The highest BCUT2D eigenvalue weighted by Gasteiger charge is 2.15. The Labute approximate surface area is 125 Å². The first-order chi connectivity index (χ1) is 10.4. The fraction of sp³-hybridized carbons (Fsp3) is 0.0500. The molecule has 102 valence electrons. The first-order valence-electron chi connectivity index (χ1n) is 7.05. The number of nitrogens with zero attached hydrogens (tertiary/aromatic N) is 1. The Morgan fingerprint density at radius 1 is 0.667 bits per heavy atom. The van der Waals surface area contributed by atoms with Crippen LogP contribution in [0.15, 0.2) is 89.9 Å². The van der Waals surface area contributed by atoms with E-state index < -0.39 is 0 Å². The molecule has 0 heterocycles. The van der Waals surface area contributed by atoms with Crippen molar-refractivity contribution in [2.24, 2.45) is 4.99 Å². The highest BCUT2D eigenvalue weighted by Crippen LogP contribution is 2.33. The highest BCUT2D eigenvalue weighted by molar-refractivity contribution is 5.69. The van der Waals surface area contributed by atoms with Crippen LogP contribution in [0.5, 0.6) is 0 Å². The van der Waals surface area contributed by atoms with Crippen molar-refractivity contribution in [3.05, 3.63) is 96.1 Å². The summed E-state index contributed by atoms with van der Waals surface area (Å²) in [5, 5.41) is 0. The summed E-state index contributed by atoms with van der Waals surface area (Å²) in [6, 6.07) is 29.1. The molecule has 0 saturated carbocycles. The van der Waals surface area contributed by atoms with Gasteiger partial charge in [-0.15, -0.1) is 0 Å². The first kappa shape index (κ1) is 13.3. The monoisotopic (exact) mass is 271 g/mol. The zero-order valence-electron chi connectivity index (χ0n) is 11.8. The second kappa shape index (κ2) is 6.19. The summed E-state index contributed by atoms with van der Waals surface area (Å²) < 4.78 is 0. The van der Waals surface area contributed by atoms with Crippen molar-refractivity contribution in [2.45, 2.75) is 6.04 Å². The van der Waals surface area contributed by atoms with E-state index in [2.05, 4.69) is 72.4 Å². The minimum atomic E-state index is -0.0393. The SMILES string of the molecule is C=NC(c1ccccc1)c1ccccc1-c1ccccc1. The van der Waals surface area contributed by atoms with Crippen LogP contribution < -0.4 is 0 Å². The maximum Gasteiger partial charge on any atom is 0.0998 e. The minimum absolute atomic E-state index is 0.0393. The summed E-state index contributed by atoms with van der Waals surface area (Å²) in [6.45, 7) is 3.80. The van der Waals surface area contributed by atoms with Gasteiger partial charge in [0.2, 0.25) is 0 Å². The van der Waals surface area contributed by atoms with Crippen LogP contribution in [0.4, 0.5) is 0 Å². The van der Waals surface area contributed by atoms with Gasteiger partial charge in [0.05, 0.1) is 6.04 Å². The van der Waals surface area contributed by atoms with E-state index in [9.17, 15) is 0 Å². The topological polar surface area (TPSA) is 12.4 Å². The van der Waals surface area contributed by atoms with E-state index in [0.717, 1.165) is 5.56 Å². The molecule has 0 saturated heterocycles. The molecule has 0 aliphatic heterocycles. The van der Waals surface area contributed by atoms with Crippen molar-refractivity contribution in [1.29, 1.82) is 0 Å². The summed E-state index contributed by atoms with van der Waals surface area (Å²) in [4.78, 5) is 4.36. The van der Waals surface area contributed by atoms with E-state index in [-0.39, 0.29) is 6.04 Å². The van der Waals surface area contributed by atoms with Gasteiger partial charge >= 0.3 is 0 Å². The predicted molar refractivity (Wildman–Crippen MR) is 89.7 cm³/mol. The number of benzene rings is 3. The Kier molecular flexibility index (Phi) is 3.92. The molecule has 21 heavy (non-hydrogen) atoms. The van der Waals surface area contributed by atoms with Gasteiger partial charge in [-0.2, -0.15) is 0 Å². The Balaban J connectivity index is 2.12. The van der Waals surface area contributed by atoms with Crippen molar-refractivity contribution in [3.8, 4) is 11.1 Å². The molecule has 1 heteroatoms. The van der Waals surface area contributed by atoms with Crippen molar-refractivity contribution in [2.75, 3.05) is 0 Å². The molecule has 3 rings (SSSR count). The lowest BCUT2D eigenvalue weighted by Gasteiger charge is -2.17. The number of hydrogen-bond donors (Lipinski definition) is 0. The molecule has 0 bridgehead atoms. The van der Waals surface area contributed by atoms with Crippen LogP contribution in [0.25, 0.3) is 11.1 Å². The molecule has 3 aromatic carbocycles. The lowest BCUT2D eigenvalue weighted by molar-refractivity contribution is 0.884. The second-order valence-electron chi connectivity index (χ2n) is 4.95. The van der Waals surface area contributed by atoms with Gasteiger partial charge in [-0.3, -0.25) is 4.99 Å². The molecular formula is C20H17N. The van der Waals surface area contributed by atoms with Crippen LogP contribution in [-0.2, 0) is 0 Å². The lowest BCUT2D eigenvalue weighted by atomic mass is 9.91. The third-order valence-corrected chi connectivity index (χ3v) is 3.64. The zero-order chi connectivity index (χ0) is 14.5. The van der Waals surface area contributed by atoms with E-state index >= 15 is 0 Å². The molecule has 0 N–H and O–H groups in total. The minimum Gasteiger partial charge on any atom is -0.288 e. The molecule has 0 aliphatic carbocycles. The van der Waals surface area contributed by atoms with Crippen LogP contribution in [0.3, 0.4) is 0 Å². The fourth-order valence-corrected chi connectivity index (χ4v) is 2.63. The number of rotatable bonds is 4. The summed E-state index contributed by atoms with van der Waals surface area (Å²) in [5.74, 6) is 0. The average Bonchev–Trinajstić information content (AvgIpc) is 2.58. The molecule has 0 fully saturated rings. The Hall–Kier alpha value is -2.67. The molecule has 1 unspecified atom stereocenters. The van der Waals surface area contributed by atoms with Gasteiger partial charge in [0.25, 0.3) is 0 Å². The van der Waals surface area contributed by atoms with Gasteiger partial charge in [-0.05, 0) is 29.0 Å². The van der Waals surface area contributed by atoms with Crippen molar-refractivity contribution >= 4 is 6.72 Å². The molecule has 3 aromatic rings. The predicted octanol–water partition coefficient (Wildman–Crippen LogP) is 5.14. The quantitative estimate of drug-likeness (QED) is 0.582. The summed E-state index contributed by atoms with van der Waals surface area (Å²) >= 11 is 0. The Bertz CT molecular complexity index is 717. The van der Waals surface area contributed by atoms with Crippen LogP contribution in [0.1, 0.15) is 17.2 Å². The third-order valence-electron chi connectivity index (χ3n) is 3.64. The molecule has 0 aromatic heterocycles. The number of hydrogen-bond acceptors (Lipinski definition) is 1. The summed E-state index contributed by atoms with van der Waals surface area (Å²) in [5.41, 5.74) is 4.76. The Morgan fingerprint density at radius 2 is 1.24 bits per heavy atom. The lowest BCUT2D eigenvalue weighted by Crippen LogP contribution is -2.00. The summed E-state index contributed by atoms with van der Waals surface area (Å²) in [6.07, 6.45) is 0. The van der Waals surface area contributed by atoms with Crippen molar-refractivity contribution in [3.63, 3.8) is 0 Å². The van der Waals surface area contributed by atoms with Gasteiger partial charge in [-0.25, -0.2) is 0 Å². The van der Waals surface area contributed by atoms with E-state index in [0.29, 0.717) is 0 Å². The van der Waals surface area contributed by atoms with Crippen LogP contribution in [0, 0.1) is 0 Å². The van der Waals surface area contributed by atoms with Gasteiger partial charge in [0.1, 0.15) is 0 Å². The first-order valence-corrected chi connectivity index (χ1v) is 7.05. The van der Waals surface area contributed by atoms with E-state index in [1.165, 1.54) is 16.7 Å². The maximum atomic E-state index is 4.36. The molecule has 0 aliphatic rings. The zero-order valence-corrected chi connectivity index (χ0v) is 11.8. The van der Waals surface area contributed by atoms with Crippen LogP contribution >= 0.6 is 0 Å². The van der Waals surface area contributed by atoms with E-state index in [4.69, 9.17) is 0 Å². The molecule has 1 atom stereocenters. The largest absolute Gasteiger partial charge is 0.288 e. The van der Waals surface area contributed by atoms with E-state index in [1.54, 1.807) is 0 Å². The Morgan fingerprint density at radius 3 is 1.90 bits per heavy atom. The van der Waals surface area contributed by atoms with Crippen LogP contribution in [-0.4, -0.2) is 6.72 Å². The van der Waals surface area contributed by atoms with Gasteiger partial charge in [0, 0.05) is 0 Å². The van der Waals surface area contributed by atoms with Crippen molar-refractivity contribution in [1.82, 2.24) is 0 Å². The number of aliphatic imine (C=N–C) groups is 1. The second-order valence-corrected chi connectivity index (χ2v) is 4.95. The average molecular weight is 271 g/mol. The highest BCUT2D eigenvalue weighted by atomic mass is 14.7. The molecule has 0 radical (unpaired) electrons. The maximum absolute atomic E-state index is 4.36. The van der Waals surface area contributed by atoms with Gasteiger partial charge < -0.3 is 0 Å². The standard InChI is InChI=1S/C20H17N/c1-21-20(17-12-6-3-7-13-17)19-15-9-8-14-18(19)16-10-4-2-5-11-16/h2-15,20H,1H2. The molecular weight excluding hydrogens is 254 g/mol. The van der Waals surface area contributed by atoms with Gasteiger partial charge in [0.15, 0.2) is 0 Å². The fourth-order valence-electron chi connectivity index (χ4n) is 2.63. The summed E-state index contributed by atoms with van der Waals surface area (Å²) in [7, 11) is 0. The van der Waals surface area contributed by atoms with Gasteiger partial charge in [-0.1, -0.05) is 84.9 Å². The molecule has 0 spiro atoms. The van der Waals surface area contributed by atoms with Crippen molar-refractivity contribution < 1.29 is 0 Å². The van der Waals surface area contributed by atoms with E-state index in [1.807, 2.05) is 24.3 Å². The molecule has 0 amide bonds. The normalized spacial score (nSPS) is 11.8.